The highest BCUT2D eigenvalue weighted by atomic mass is 16.5. The van der Waals surface area contributed by atoms with Crippen molar-refractivity contribution < 1.29 is 9.15 Å². The third kappa shape index (κ3) is 4.06. The largest absolute Gasteiger partial charge is 0.468 e. The number of furan rings is 1. The van der Waals surface area contributed by atoms with Crippen LogP contribution in [0, 0.1) is 0 Å². The second-order valence-corrected chi connectivity index (χ2v) is 4.31. The summed E-state index contributed by atoms with van der Waals surface area (Å²) in [6.07, 6.45) is 1.70. The lowest BCUT2D eigenvalue weighted by Crippen LogP contribution is -2.38. The maximum atomic E-state index is 5.60. The second-order valence-electron chi connectivity index (χ2n) is 4.31. The van der Waals surface area contributed by atoms with E-state index in [-0.39, 0.29) is 11.6 Å². The summed E-state index contributed by atoms with van der Waals surface area (Å²) in [6, 6.07) is 4.10. The van der Waals surface area contributed by atoms with Gasteiger partial charge >= 0.3 is 0 Å². The van der Waals surface area contributed by atoms with Crippen LogP contribution < -0.4 is 5.32 Å². The summed E-state index contributed by atoms with van der Waals surface area (Å²) >= 11 is 0. The zero-order valence-electron chi connectivity index (χ0n) is 10.0. The Bertz CT molecular complexity index is 267. The van der Waals surface area contributed by atoms with Crippen molar-refractivity contribution in [1.82, 2.24) is 5.32 Å². The molecule has 1 rings (SSSR count). The molecule has 1 N–H and O–H groups in total. The van der Waals surface area contributed by atoms with Gasteiger partial charge in [0.1, 0.15) is 5.76 Å². The topological polar surface area (TPSA) is 34.4 Å². The van der Waals surface area contributed by atoms with Crippen molar-refractivity contribution in [3.05, 3.63) is 24.2 Å². The highest BCUT2D eigenvalue weighted by Gasteiger charge is 2.19. The van der Waals surface area contributed by atoms with Gasteiger partial charge in [0.05, 0.1) is 17.9 Å². The minimum Gasteiger partial charge on any atom is -0.468 e. The molecular formula is C12H21NO2. The van der Waals surface area contributed by atoms with Gasteiger partial charge in [-0.2, -0.15) is 0 Å². The fourth-order valence-electron chi connectivity index (χ4n) is 1.48. The van der Waals surface area contributed by atoms with Crippen LogP contribution in [0.4, 0.5) is 0 Å². The standard InChI is InChI=1S/C12H21NO2/c1-5-15-12(3,4)9-13-10(2)11-7-6-8-14-11/h6-8,10,13H,5,9H2,1-4H3. The van der Waals surface area contributed by atoms with Gasteiger partial charge in [-0.15, -0.1) is 0 Å². The highest BCUT2D eigenvalue weighted by molar-refractivity contribution is 5.03. The maximum absolute atomic E-state index is 5.60. The zero-order valence-corrected chi connectivity index (χ0v) is 10.0. The van der Waals surface area contributed by atoms with Crippen LogP contribution >= 0.6 is 0 Å². The van der Waals surface area contributed by atoms with Gasteiger partial charge in [-0.05, 0) is 39.8 Å². The Kier molecular flexibility index (Phi) is 4.36. The normalized spacial score (nSPS) is 14.1. The molecule has 0 amide bonds. The quantitative estimate of drug-likeness (QED) is 0.785. The molecule has 86 valence electrons. The summed E-state index contributed by atoms with van der Waals surface area (Å²) in [5.41, 5.74) is -0.129. The summed E-state index contributed by atoms with van der Waals surface area (Å²) in [5.74, 6) is 0.960. The lowest BCUT2D eigenvalue weighted by Gasteiger charge is -2.26. The third-order valence-electron chi connectivity index (χ3n) is 2.34. The van der Waals surface area contributed by atoms with Crippen molar-refractivity contribution >= 4 is 0 Å². The molecule has 0 aromatic carbocycles. The molecule has 15 heavy (non-hydrogen) atoms. The van der Waals surface area contributed by atoms with Gasteiger partial charge in [0.25, 0.3) is 0 Å². The van der Waals surface area contributed by atoms with Gasteiger partial charge in [-0.25, -0.2) is 0 Å². The molecule has 3 nitrogen and oxygen atoms in total. The molecule has 0 fully saturated rings. The van der Waals surface area contributed by atoms with Crippen molar-refractivity contribution in [2.24, 2.45) is 0 Å². The first kappa shape index (κ1) is 12.3. The van der Waals surface area contributed by atoms with E-state index in [0.29, 0.717) is 0 Å². The lowest BCUT2D eigenvalue weighted by molar-refractivity contribution is -0.0106. The van der Waals surface area contributed by atoms with E-state index in [9.17, 15) is 0 Å². The monoisotopic (exact) mass is 211 g/mol. The Hall–Kier alpha value is -0.800. The maximum Gasteiger partial charge on any atom is 0.120 e. The van der Waals surface area contributed by atoms with E-state index < -0.39 is 0 Å². The van der Waals surface area contributed by atoms with Crippen LogP contribution in [0.5, 0.6) is 0 Å². The van der Waals surface area contributed by atoms with Crippen LogP contribution in [-0.2, 0) is 4.74 Å². The third-order valence-corrected chi connectivity index (χ3v) is 2.34. The van der Waals surface area contributed by atoms with E-state index in [0.717, 1.165) is 18.9 Å². The first-order valence-electron chi connectivity index (χ1n) is 5.46. The molecule has 1 aromatic heterocycles. The molecule has 1 unspecified atom stereocenters. The molecule has 0 radical (unpaired) electrons. The average Bonchev–Trinajstić information content (AvgIpc) is 2.67. The molecule has 0 saturated carbocycles. The van der Waals surface area contributed by atoms with E-state index in [1.807, 2.05) is 19.1 Å². The molecule has 0 spiro atoms. The molecule has 0 aliphatic carbocycles. The molecule has 3 heteroatoms. The smallest absolute Gasteiger partial charge is 0.120 e. The van der Waals surface area contributed by atoms with Gasteiger partial charge < -0.3 is 14.5 Å². The van der Waals surface area contributed by atoms with Gasteiger partial charge in [0.15, 0.2) is 0 Å². The van der Waals surface area contributed by atoms with Crippen LogP contribution in [0.15, 0.2) is 22.8 Å². The molecule has 0 aliphatic heterocycles. The minimum absolute atomic E-state index is 0.129. The fraction of sp³-hybridized carbons (Fsp3) is 0.667. The Balaban J connectivity index is 2.37. The lowest BCUT2D eigenvalue weighted by atomic mass is 10.1. The van der Waals surface area contributed by atoms with E-state index in [2.05, 4.69) is 26.1 Å². The van der Waals surface area contributed by atoms with Crippen LogP contribution in [-0.4, -0.2) is 18.8 Å². The first-order valence-corrected chi connectivity index (χ1v) is 5.46. The van der Waals surface area contributed by atoms with Crippen LogP contribution in [0.3, 0.4) is 0 Å². The second kappa shape index (κ2) is 5.33. The van der Waals surface area contributed by atoms with Crippen molar-refractivity contribution in [3.8, 4) is 0 Å². The minimum atomic E-state index is -0.129. The number of hydrogen-bond acceptors (Lipinski definition) is 3. The van der Waals surface area contributed by atoms with Gasteiger partial charge in [0, 0.05) is 13.2 Å². The SMILES string of the molecule is CCOC(C)(C)CNC(C)c1ccco1. The zero-order chi connectivity index (χ0) is 11.3. The summed E-state index contributed by atoms with van der Waals surface area (Å²) in [5, 5.41) is 3.39. The Labute approximate surface area is 91.8 Å². The van der Waals surface area contributed by atoms with Crippen molar-refractivity contribution in [1.29, 1.82) is 0 Å². The van der Waals surface area contributed by atoms with E-state index in [4.69, 9.17) is 9.15 Å². The number of ether oxygens (including phenoxy) is 1. The summed E-state index contributed by atoms with van der Waals surface area (Å²) in [7, 11) is 0. The Morgan fingerprint density at radius 1 is 1.53 bits per heavy atom. The molecule has 0 bridgehead atoms. The average molecular weight is 211 g/mol. The molecule has 1 aromatic rings. The molecular weight excluding hydrogens is 190 g/mol. The van der Waals surface area contributed by atoms with Crippen molar-refractivity contribution in [3.63, 3.8) is 0 Å². The van der Waals surface area contributed by atoms with Crippen LogP contribution in [0.2, 0.25) is 0 Å². The molecule has 0 aliphatic rings. The highest BCUT2D eigenvalue weighted by Crippen LogP contribution is 2.14. The number of nitrogens with one attached hydrogen (secondary N) is 1. The number of rotatable bonds is 6. The van der Waals surface area contributed by atoms with E-state index in [1.165, 1.54) is 0 Å². The van der Waals surface area contributed by atoms with Crippen LogP contribution in [0.25, 0.3) is 0 Å². The summed E-state index contributed by atoms with van der Waals surface area (Å²) < 4.78 is 10.9. The van der Waals surface area contributed by atoms with E-state index in [1.54, 1.807) is 6.26 Å². The fourth-order valence-corrected chi connectivity index (χ4v) is 1.48. The van der Waals surface area contributed by atoms with Crippen LogP contribution in [0.1, 0.15) is 39.5 Å². The van der Waals surface area contributed by atoms with Crippen molar-refractivity contribution in [2.45, 2.75) is 39.3 Å². The van der Waals surface area contributed by atoms with Gasteiger partial charge in [0.2, 0.25) is 0 Å². The molecule has 0 saturated heterocycles. The molecule has 1 atom stereocenters. The first-order chi connectivity index (χ1) is 7.05. The predicted molar refractivity (Wildman–Crippen MR) is 60.8 cm³/mol. The summed E-state index contributed by atoms with van der Waals surface area (Å²) in [4.78, 5) is 0. The molecule has 1 heterocycles. The van der Waals surface area contributed by atoms with Gasteiger partial charge in [-0.3, -0.25) is 0 Å². The Morgan fingerprint density at radius 3 is 2.80 bits per heavy atom. The van der Waals surface area contributed by atoms with Crippen molar-refractivity contribution in [2.75, 3.05) is 13.2 Å². The van der Waals surface area contributed by atoms with Gasteiger partial charge in [-0.1, -0.05) is 0 Å². The summed E-state index contributed by atoms with van der Waals surface area (Å²) in [6.45, 7) is 9.81. The predicted octanol–water partition coefficient (Wildman–Crippen LogP) is 2.75. The number of hydrogen-bond donors (Lipinski definition) is 1. The van der Waals surface area contributed by atoms with E-state index >= 15 is 0 Å². The Morgan fingerprint density at radius 2 is 2.27 bits per heavy atom.